The summed E-state index contributed by atoms with van der Waals surface area (Å²) < 4.78 is 10.2. The Morgan fingerprint density at radius 2 is 2.00 bits per heavy atom. The first-order valence-electron chi connectivity index (χ1n) is 7.30. The van der Waals surface area contributed by atoms with Crippen molar-refractivity contribution in [1.29, 1.82) is 0 Å². The average Bonchev–Trinajstić information content (AvgIpc) is 3.04. The zero-order valence-corrected chi connectivity index (χ0v) is 13.6. The molecule has 0 aliphatic carbocycles. The summed E-state index contributed by atoms with van der Waals surface area (Å²) in [5.74, 6) is 0.535. The van der Waals surface area contributed by atoms with Crippen molar-refractivity contribution in [3.63, 3.8) is 0 Å². The fraction of sp³-hybridized carbons (Fsp3) is 0.118. The van der Waals surface area contributed by atoms with Gasteiger partial charge in [0.25, 0.3) is 5.91 Å². The summed E-state index contributed by atoms with van der Waals surface area (Å²) in [7, 11) is 0. The molecule has 1 heterocycles. The summed E-state index contributed by atoms with van der Waals surface area (Å²) in [6.07, 6.45) is 0. The predicted octanol–water partition coefficient (Wildman–Crippen LogP) is 4.04. The molecule has 24 heavy (non-hydrogen) atoms. The number of carbonyl (C=O) groups excluding carboxylic acids is 1. The van der Waals surface area contributed by atoms with Crippen LogP contribution in [0.2, 0.25) is 5.02 Å². The molecule has 6 nitrogen and oxygen atoms in total. The van der Waals surface area contributed by atoms with Crippen molar-refractivity contribution < 1.29 is 14.2 Å². The standard InChI is InChI=1S/C17H14ClN3O3/c1-2-23-14-5-3-4-12(10-14)17(22)19-16-15(20-24-21-16)11-6-8-13(18)9-7-11/h3-10H,2H2,1H3,(H,19,21,22). The van der Waals surface area contributed by atoms with Crippen molar-refractivity contribution in [1.82, 2.24) is 10.3 Å². The molecule has 0 radical (unpaired) electrons. The third-order valence-electron chi connectivity index (χ3n) is 3.25. The average molecular weight is 344 g/mol. The maximum absolute atomic E-state index is 12.4. The molecule has 0 aliphatic rings. The van der Waals surface area contributed by atoms with Crippen molar-refractivity contribution in [3.05, 3.63) is 59.1 Å². The maximum Gasteiger partial charge on any atom is 0.257 e. The number of carbonyl (C=O) groups is 1. The molecular weight excluding hydrogens is 330 g/mol. The second kappa shape index (κ2) is 7.14. The van der Waals surface area contributed by atoms with Gasteiger partial charge in [-0.1, -0.05) is 29.8 Å². The molecule has 1 aromatic heterocycles. The lowest BCUT2D eigenvalue weighted by atomic mass is 10.1. The van der Waals surface area contributed by atoms with Crippen LogP contribution in [-0.2, 0) is 0 Å². The van der Waals surface area contributed by atoms with Gasteiger partial charge < -0.3 is 10.1 Å². The first kappa shape index (κ1) is 16.0. The van der Waals surface area contributed by atoms with Gasteiger partial charge in [0.2, 0.25) is 5.82 Å². The molecule has 0 atom stereocenters. The number of rotatable bonds is 5. The van der Waals surface area contributed by atoms with Gasteiger partial charge in [0.1, 0.15) is 5.75 Å². The third-order valence-corrected chi connectivity index (χ3v) is 3.50. The van der Waals surface area contributed by atoms with E-state index in [0.29, 0.717) is 28.6 Å². The number of nitrogens with zero attached hydrogens (tertiary/aromatic N) is 2. The van der Waals surface area contributed by atoms with Gasteiger partial charge in [-0.15, -0.1) is 0 Å². The highest BCUT2D eigenvalue weighted by atomic mass is 35.5. The normalized spacial score (nSPS) is 10.4. The van der Waals surface area contributed by atoms with E-state index in [9.17, 15) is 4.79 Å². The topological polar surface area (TPSA) is 77.2 Å². The van der Waals surface area contributed by atoms with Gasteiger partial charge in [-0.05, 0) is 47.6 Å². The second-order valence-electron chi connectivity index (χ2n) is 4.88. The first-order valence-corrected chi connectivity index (χ1v) is 7.68. The number of amides is 1. The minimum absolute atomic E-state index is 0.240. The van der Waals surface area contributed by atoms with Crippen molar-refractivity contribution in [2.75, 3.05) is 11.9 Å². The Morgan fingerprint density at radius 1 is 1.21 bits per heavy atom. The van der Waals surface area contributed by atoms with Gasteiger partial charge in [-0.2, -0.15) is 0 Å². The molecule has 0 bridgehead atoms. The Balaban J connectivity index is 1.82. The molecular formula is C17H14ClN3O3. The summed E-state index contributed by atoms with van der Waals surface area (Å²) in [5.41, 5.74) is 1.62. The fourth-order valence-corrected chi connectivity index (χ4v) is 2.27. The SMILES string of the molecule is CCOc1cccc(C(=O)Nc2nonc2-c2ccc(Cl)cc2)c1. The Kier molecular flexibility index (Phi) is 4.77. The highest BCUT2D eigenvalue weighted by Crippen LogP contribution is 2.26. The number of benzene rings is 2. The minimum Gasteiger partial charge on any atom is -0.494 e. The molecule has 122 valence electrons. The number of aromatic nitrogens is 2. The van der Waals surface area contributed by atoms with E-state index in [4.69, 9.17) is 21.0 Å². The quantitative estimate of drug-likeness (QED) is 0.756. The van der Waals surface area contributed by atoms with Crippen LogP contribution >= 0.6 is 11.6 Å². The van der Waals surface area contributed by atoms with E-state index in [0.717, 1.165) is 5.56 Å². The van der Waals surface area contributed by atoms with E-state index in [1.807, 2.05) is 6.92 Å². The van der Waals surface area contributed by atoms with Crippen molar-refractivity contribution >= 4 is 23.3 Å². The Morgan fingerprint density at radius 3 is 2.75 bits per heavy atom. The van der Waals surface area contributed by atoms with Crippen LogP contribution in [-0.4, -0.2) is 22.8 Å². The van der Waals surface area contributed by atoms with Crippen LogP contribution in [0.25, 0.3) is 11.3 Å². The van der Waals surface area contributed by atoms with E-state index in [1.54, 1.807) is 48.5 Å². The summed E-state index contributed by atoms with van der Waals surface area (Å²) in [5, 5.41) is 10.9. The van der Waals surface area contributed by atoms with Crippen LogP contribution in [0.1, 0.15) is 17.3 Å². The number of halogens is 1. The summed E-state index contributed by atoms with van der Waals surface area (Å²) in [6, 6.07) is 13.9. The van der Waals surface area contributed by atoms with Gasteiger partial charge in [-0.25, -0.2) is 4.63 Å². The molecule has 2 aromatic carbocycles. The zero-order chi connectivity index (χ0) is 16.9. The Hall–Kier alpha value is -2.86. The van der Waals surface area contributed by atoms with Crippen LogP contribution in [0.3, 0.4) is 0 Å². The van der Waals surface area contributed by atoms with Crippen LogP contribution < -0.4 is 10.1 Å². The van der Waals surface area contributed by atoms with Crippen molar-refractivity contribution in [3.8, 4) is 17.0 Å². The van der Waals surface area contributed by atoms with Crippen LogP contribution in [0.5, 0.6) is 5.75 Å². The van der Waals surface area contributed by atoms with Gasteiger partial charge >= 0.3 is 0 Å². The van der Waals surface area contributed by atoms with Crippen LogP contribution in [0.4, 0.5) is 5.82 Å². The molecule has 3 rings (SSSR count). The lowest BCUT2D eigenvalue weighted by Gasteiger charge is -2.06. The van der Waals surface area contributed by atoms with Crippen LogP contribution in [0, 0.1) is 0 Å². The smallest absolute Gasteiger partial charge is 0.257 e. The molecule has 1 amide bonds. The van der Waals surface area contributed by atoms with E-state index < -0.39 is 0 Å². The molecule has 1 N–H and O–H groups in total. The lowest BCUT2D eigenvalue weighted by molar-refractivity contribution is 0.102. The molecule has 0 unspecified atom stereocenters. The van der Waals surface area contributed by atoms with Crippen molar-refractivity contribution in [2.24, 2.45) is 0 Å². The first-order chi connectivity index (χ1) is 11.7. The number of ether oxygens (including phenoxy) is 1. The Bertz CT molecular complexity index is 846. The molecule has 0 fully saturated rings. The maximum atomic E-state index is 12.4. The highest BCUT2D eigenvalue weighted by molar-refractivity contribution is 6.30. The predicted molar refractivity (Wildman–Crippen MR) is 90.3 cm³/mol. The summed E-state index contributed by atoms with van der Waals surface area (Å²) in [4.78, 5) is 12.4. The number of hydrogen-bond acceptors (Lipinski definition) is 5. The van der Waals surface area contributed by atoms with E-state index in [1.165, 1.54) is 0 Å². The number of anilines is 1. The van der Waals surface area contributed by atoms with Gasteiger partial charge in [0.05, 0.1) is 6.61 Å². The third kappa shape index (κ3) is 3.55. The van der Waals surface area contributed by atoms with E-state index in [-0.39, 0.29) is 11.7 Å². The summed E-state index contributed by atoms with van der Waals surface area (Å²) in [6.45, 7) is 2.41. The molecule has 0 saturated carbocycles. The second-order valence-corrected chi connectivity index (χ2v) is 5.32. The number of nitrogens with one attached hydrogen (secondary N) is 1. The molecule has 3 aromatic rings. The zero-order valence-electron chi connectivity index (χ0n) is 12.8. The van der Waals surface area contributed by atoms with E-state index in [2.05, 4.69) is 15.6 Å². The molecule has 0 spiro atoms. The van der Waals surface area contributed by atoms with Gasteiger partial charge in [-0.3, -0.25) is 4.79 Å². The monoisotopic (exact) mass is 343 g/mol. The lowest BCUT2D eigenvalue weighted by Crippen LogP contribution is -2.13. The minimum atomic E-state index is -0.331. The molecule has 7 heteroatoms. The van der Waals surface area contributed by atoms with Crippen molar-refractivity contribution in [2.45, 2.75) is 6.92 Å². The highest BCUT2D eigenvalue weighted by Gasteiger charge is 2.16. The number of hydrogen-bond donors (Lipinski definition) is 1. The van der Waals surface area contributed by atoms with E-state index >= 15 is 0 Å². The summed E-state index contributed by atoms with van der Waals surface area (Å²) >= 11 is 5.88. The van der Waals surface area contributed by atoms with Crippen LogP contribution in [0.15, 0.2) is 53.2 Å². The molecule has 0 aliphatic heterocycles. The largest absolute Gasteiger partial charge is 0.494 e. The van der Waals surface area contributed by atoms with Gasteiger partial charge in [0, 0.05) is 16.1 Å². The molecule has 0 saturated heterocycles. The Labute approximate surface area is 143 Å². The van der Waals surface area contributed by atoms with Gasteiger partial charge in [0.15, 0.2) is 5.69 Å². The fourth-order valence-electron chi connectivity index (χ4n) is 2.14.